The zero-order chi connectivity index (χ0) is 19.6. The van der Waals surface area contributed by atoms with E-state index in [1.54, 1.807) is 6.92 Å². The highest BCUT2D eigenvalue weighted by atomic mass is 32.2. The Labute approximate surface area is 160 Å². The van der Waals surface area contributed by atoms with Crippen LogP contribution in [0.3, 0.4) is 0 Å². The highest BCUT2D eigenvalue weighted by molar-refractivity contribution is 7.98. The van der Waals surface area contributed by atoms with E-state index in [0.29, 0.717) is 22.2 Å². The van der Waals surface area contributed by atoms with Crippen LogP contribution in [0.2, 0.25) is 0 Å². The molecule has 27 heavy (non-hydrogen) atoms. The van der Waals surface area contributed by atoms with E-state index in [4.69, 9.17) is 0 Å². The minimum atomic E-state index is -0.638. The lowest BCUT2D eigenvalue weighted by Crippen LogP contribution is -2.16. The van der Waals surface area contributed by atoms with E-state index in [-0.39, 0.29) is 17.5 Å². The molecule has 0 fully saturated rings. The van der Waals surface area contributed by atoms with Crippen LogP contribution < -0.4 is 5.56 Å². The summed E-state index contributed by atoms with van der Waals surface area (Å²) < 4.78 is 27.9. The third-order valence-corrected chi connectivity index (χ3v) is 5.42. The van der Waals surface area contributed by atoms with Gasteiger partial charge in [0.1, 0.15) is 11.6 Å². The van der Waals surface area contributed by atoms with E-state index in [1.165, 1.54) is 41.1 Å². The van der Waals surface area contributed by atoms with Crippen LogP contribution in [0.25, 0.3) is 0 Å². The third-order valence-electron chi connectivity index (χ3n) is 4.50. The maximum atomic E-state index is 14.0. The molecule has 6 heteroatoms. The zero-order valence-electron chi connectivity index (χ0n) is 15.4. The van der Waals surface area contributed by atoms with Gasteiger partial charge in [0, 0.05) is 23.3 Å². The molecule has 0 unspecified atom stereocenters. The number of thioether (sulfide) groups is 1. The summed E-state index contributed by atoms with van der Waals surface area (Å²) in [6.07, 6.45) is -0.0641. The first-order valence-electron chi connectivity index (χ1n) is 8.56. The molecule has 0 saturated heterocycles. The SMILES string of the molecule is Cc1ccc(CSc2nc(Cc3c(F)cccc3F)c(C)c(=O)[nH]2)c(C)c1. The number of nitrogens with zero attached hydrogens (tertiary/aromatic N) is 1. The summed E-state index contributed by atoms with van der Waals surface area (Å²) in [6.45, 7) is 5.69. The van der Waals surface area contributed by atoms with Crippen LogP contribution >= 0.6 is 11.8 Å². The molecular formula is C21H20F2N2OS. The van der Waals surface area contributed by atoms with Crippen molar-refractivity contribution in [2.24, 2.45) is 0 Å². The van der Waals surface area contributed by atoms with Crippen LogP contribution in [-0.4, -0.2) is 9.97 Å². The van der Waals surface area contributed by atoms with Crippen LogP contribution in [0.4, 0.5) is 8.78 Å². The smallest absolute Gasteiger partial charge is 0.254 e. The number of benzene rings is 2. The van der Waals surface area contributed by atoms with Gasteiger partial charge in [-0.05, 0) is 44.0 Å². The summed E-state index contributed by atoms with van der Waals surface area (Å²) in [5.41, 5.74) is 3.89. The van der Waals surface area contributed by atoms with Gasteiger partial charge in [0.15, 0.2) is 5.16 Å². The highest BCUT2D eigenvalue weighted by Gasteiger charge is 2.15. The monoisotopic (exact) mass is 386 g/mol. The molecule has 1 heterocycles. The Morgan fingerprint density at radius 3 is 2.44 bits per heavy atom. The van der Waals surface area contributed by atoms with Gasteiger partial charge >= 0.3 is 0 Å². The van der Waals surface area contributed by atoms with Gasteiger partial charge in [0.05, 0.1) is 5.69 Å². The molecule has 2 aromatic carbocycles. The normalized spacial score (nSPS) is 11.0. The topological polar surface area (TPSA) is 45.8 Å². The van der Waals surface area contributed by atoms with E-state index in [1.807, 2.05) is 19.9 Å². The second-order valence-corrected chi connectivity index (χ2v) is 7.50. The quantitative estimate of drug-likeness (QED) is 0.503. The number of aryl methyl sites for hydroxylation is 2. The Balaban J connectivity index is 1.87. The van der Waals surface area contributed by atoms with Crippen molar-refractivity contribution in [1.29, 1.82) is 0 Å². The van der Waals surface area contributed by atoms with Crippen molar-refractivity contribution in [2.45, 2.75) is 38.1 Å². The van der Waals surface area contributed by atoms with Crippen molar-refractivity contribution in [3.8, 4) is 0 Å². The molecule has 140 valence electrons. The van der Waals surface area contributed by atoms with Gasteiger partial charge in [-0.2, -0.15) is 0 Å². The largest absolute Gasteiger partial charge is 0.301 e. The summed E-state index contributed by atoms with van der Waals surface area (Å²) >= 11 is 1.40. The summed E-state index contributed by atoms with van der Waals surface area (Å²) in [6, 6.07) is 9.93. The number of hydrogen-bond acceptors (Lipinski definition) is 3. The maximum Gasteiger partial charge on any atom is 0.254 e. The molecule has 0 aliphatic carbocycles. The first-order chi connectivity index (χ1) is 12.8. The van der Waals surface area contributed by atoms with Crippen LogP contribution in [-0.2, 0) is 12.2 Å². The minimum Gasteiger partial charge on any atom is -0.301 e. The standard InChI is InChI=1S/C21H20F2N2OS/c1-12-7-8-15(13(2)9-12)11-27-21-24-19(14(3)20(26)25-21)10-16-17(22)5-4-6-18(16)23/h4-9H,10-11H2,1-3H3,(H,24,25,26). The van der Waals surface area contributed by atoms with Crippen molar-refractivity contribution < 1.29 is 8.78 Å². The van der Waals surface area contributed by atoms with E-state index >= 15 is 0 Å². The zero-order valence-corrected chi connectivity index (χ0v) is 16.2. The molecule has 0 aliphatic rings. The number of H-pyrrole nitrogens is 1. The average molecular weight is 386 g/mol. The average Bonchev–Trinajstić information content (AvgIpc) is 2.61. The predicted molar refractivity (Wildman–Crippen MR) is 104 cm³/mol. The summed E-state index contributed by atoms with van der Waals surface area (Å²) in [4.78, 5) is 19.4. The first kappa shape index (κ1) is 19.3. The number of aromatic amines is 1. The van der Waals surface area contributed by atoms with Crippen LogP contribution in [0.1, 0.15) is 33.5 Å². The van der Waals surface area contributed by atoms with Gasteiger partial charge in [-0.3, -0.25) is 4.79 Å². The van der Waals surface area contributed by atoms with Crippen molar-refractivity contribution in [3.63, 3.8) is 0 Å². The molecule has 0 saturated carbocycles. The lowest BCUT2D eigenvalue weighted by atomic mass is 10.1. The Hall–Kier alpha value is -2.47. The van der Waals surface area contributed by atoms with Gasteiger partial charge < -0.3 is 4.98 Å². The molecule has 3 nitrogen and oxygen atoms in total. The van der Waals surface area contributed by atoms with Crippen LogP contribution in [0.5, 0.6) is 0 Å². The van der Waals surface area contributed by atoms with Crippen molar-refractivity contribution >= 4 is 11.8 Å². The van der Waals surface area contributed by atoms with E-state index < -0.39 is 11.6 Å². The fourth-order valence-corrected chi connectivity index (χ4v) is 3.78. The lowest BCUT2D eigenvalue weighted by Gasteiger charge is -2.10. The second-order valence-electron chi connectivity index (χ2n) is 6.54. The molecule has 0 amide bonds. The van der Waals surface area contributed by atoms with E-state index in [2.05, 4.69) is 22.1 Å². The van der Waals surface area contributed by atoms with Gasteiger partial charge in [0.25, 0.3) is 5.56 Å². The Morgan fingerprint density at radius 1 is 1.07 bits per heavy atom. The van der Waals surface area contributed by atoms with Crippen LogP contribution in [0, 0.1) is 32.4 Å². The third kappa shape index (κ3) is 4.45. The van der Waals surface area contributed by atoms with Gasteiger partial charge in [-0.25, -0.2) is 13.8 Å². The van der Waals surface area contributed by atoms with E-state index in [9.17, 15) is 13.6 Å². The number of halogens is 2. The molecule has 1 aromatic heterocycles. The van der Waals surface area contributed by atoms with Crippen molar-refractivity contribution in [2.75, 3.05) is 0 Å². The number of nitrogens with one attached hydrogen (secondary N) is 1. The molecule has 0 atom stereocenters. The molecule has 3 aromatic rings. The molecule has 0 radical (unpaired) electrons. The molecule has 3 rings (SSSR count). The lowest BCUT2D eigenvalue weighted by molar-refractivity contribution is 0.559. The Bertz CT molecular complexity index is 1030. The molecule has 0 spiro atoms. The van der Waals surface area contributed by atoms with Gasteiger partial charge in [-0.1, -0.05) is 41.6 Å². The van der Waals surface area contributed by atoms with Crippen LogP contribution in [0.15, 0.2) is 46.3 Å². The van der Waals surface area contributed by atoms with Gasteiger partial charge in [-0.15, -0.1) is 0 Å². The maximum absolute atomic E-state index is 14.0. The summed E-state index contributed by atoms with van der Waals surface area (Å²) in [7, 11) is 0. The number of aromatic nitrogens is 2. The Kier molecular flexibility index (Phi) is 5.75. The first-order valence-corrected chi connectivity index (χ1v) is 9.55. The van der Waals surface area contributed by atoms with Crippen molar-refractivity contribution in [1.82, 2.24) is 9.97 Å². The molecular weight excluding hydrogens is 366 g/mol. The summed E-state index contributed by atoms with van der Waals surface area (Å²) in [5, 5.41) is 0.442. The Morgan fingerprint density at radius 2 is 1.78 bits per heavy atom. The second kappa shape index (κ2) is 8.05. The molecule has 1 N–H and O–H groups in total. The minimum absolute atomic E-state index is 0.0641. The molecule has 0 aliphatic heterocycles. The number of rotatable bonds is 5. The number of hydrogen-bond donors (Lipinski definition) is 1. The fourth-order valence-electron chi connectivity index (χ4n) is 2.82. The molecule has 0 bridgehead atoms. The summed E-state index contributed by atoms with van der Waals surface area (Å²) in [5.74, 6) is -0.632. The highest BCUT2D eigenvalue weighted by Crippen LogP contribution is 2.23. The van der Waals surface area contributed by atoms with Gasteiger partial charge in [0.2, 0.25) is 0 Å². The van der Waals surface area contributed by atoms with E-state index in [0.717, 1.165) is 5.56 Å². The van der Waals surface area contributed by atoms with Crippen molar-refractivity contribution in [3.05, 3.63) is 91.9 Å². The fraction of sp³-hybridized carbons (Fsp3) is 0.238. The predicted octanol–water partition coefficient (Wildman–Crippen LogP) is 4.86.